The lowest BCUT2D eigenvalue weighted by molar-refractivity contribution is 0.333. The fourth-order valence-electron chi connectivity index (χ4n) is 3.41. The third-order valence-electron chi connectivity index (χ3n) is 4.46. The van der Waals surface area contributed by atoms with Gasteiger partial charge in [0.1, 0.15) is 0 Å². The standard InChI is InChI=1S/C14H19BrN2O2S/c1-9-4-11(7-16)6-13(14(9)15)20(18,19)17-8-10-2-3-12(17)5-10/h4,6,10,12H,2-3,5,7-8,16H2,1H3. The van der Waals surface area contributed by atoms with E-state index < -0.39 is 10.0 Å². The van der Waals surface area contributed by atoms with Crippen LogP contribution in [0, 0.1) is 12.8 Å². The molecule has 2 atom stereocenters. The number of hydrogen-bond acceptors (Lipinski definition) is 3. The SMILES string of the molecule is Cc1cc(CN)cc(S(=O)(=O)N2CC3CCC2C3)c1Br. The molecule has 2 N–H and O–H groups in total. The number of hydrogen-bond donors (Lipinski definition) is 1. The van der Waals surface area contributed by atoms with E-state index in [0.29, 0.717) is 28.4 Å². The van der Waals surface area contributed by atoms with Gasteiger partial charge in [0.25, 0.3) is 0 Å². The number of nitrogens with two attached hydrogens (primary N) is 1. The van der Waals surface area contributed by atoms with Gasteiger partial charge in [-0.1, -0.05) is 6.07 Å². The molecule has 3 rings (SSSR count). The smallest absolute Gasteiger partial charge is 0.244 e. The second-order valence-corrected chi connectivity index (χ2v) is 8.49. The van der Waals surface area contributed by atoms with Gasteiger partial charge in [0.15, 0.2) is 0 Å². The molecule has 4 nitrogen and oxygen atoms in total. The molecule has 0 aromatic heterocycles. The summed E-state index contributed by atoms with van der Waals surface area (Å²) >= 11 is 3.43. The number of halogens is 1. The molecule has 110 valence electrons. The van der Waals surface area contributed by atoms with Gasteiger partial charge in [-0.3, -0.25) is 0 Å². The van der Waals surface area contributed by atoms with Gasteiger partial charge in [-0.05, 0) is 65.2 Å². The third kappa shape index (κ3) is 2.22. The van der Waals surface area contributed by atoms with Crippen LogP contribution >= 0.6 is 15.9 Å². The van der Waals surface area contributed by atoms with Crippen molar-refractivity contribution >= 4 is 26.0 Å². The Labute approximate surface area is 128 Å². The molecule has 1 saturated carbocycles. The topological polar surface area (TPSA) is 63.4 Å². The summed E-state index contributed by atoms with van der Waals surface area (Å²) in [6.45, 7) is 2.92. The molecule has 2 fully saturated rings. The number of rotatable bonds is 3. The Balaban J connectivity index is 2.05. The molecule has 1 saturated heterocycles. The van der Waals surface area contributed by atoms with E-state index in [-0.39, 0.29) is 6.04 Å². The molecular formula is C14H19BrN2O2S. The highest BCUT2D eigenvalue weighted by atomic mass is 79.9. The number of aryl methyl sites for hydroxylation is 1. The maximum atomic E-state index is 12.9. The van der Waals surface area contributed by atoms with Crippen LogP contribution in [0.5, 0.6) is 0 Å². The summed E-state index contributed by atoms with van der Waals surface area (Å²) in [5.41, 5.74) is 7.44. The number of benzene rings is 1. The molecular weight excluding hydrogens is 340 g/mol. The second kappa shape index (κ2) is 5.09. The van der Waals surface area contributed by atoms with Crippen molar-refractivity contribution < 1.29 is 8.42 Å². The Hall–Kier alpha value is -0.430. The van der Waals surface area contributed by atoms with Gasteiger partial charge in [-0.2, -0.15) is 4.31 Å². The third-order valence-corrected chi connectivity index (χ3v) is 7.72. The highest BCUT2D eigenvalue weighted by Gasteiger charge is 2.44. The maximum Gasteiger partial charge on any atom is 0.244 e. The van der Waals surface area contributed by atoms with Crippen molar-refractivity contribution in [2.24, 2.45) is 11.7 Å². The van der Waals surface area contributed by atoms with Crippen LogP contribution in [0.25, 0.3) is 0 Å². The van der Waals surface area contributed by atoms with Gasteiger partial charge in [-0.25, -0.2) is 8.42 Å². The maximum absolute atomic E-state index is 12.9. The summed E-state index contributed by atoms with van der Waals surface area (Å²) in [6.07, 6.45) is 3.18. The van der Waals surface area contributed by atoms with E-state index in [2.05, 4.69) is 15.9 Å². The monoisotopic (exact) mass is 358 g/mol. The number of sulfonamides is 1. The molecule has 1 heterocycles. The predicted octanol–water partition coefficient (Wildman–Crippen LogP) is 2.39. The van der Waals surface area contributed by atoms with Crippen molar-refractivity contribution in [3.63, 3.8) is 0 Å². The molecule has 2 bridgehead atoms. The van der Waals surface area contributed by atoms with Crippen LogP contribution in [-0.4, -0.2) is 25.3 Å². The summed E-state index contributed by atoms with van der Waals surface area (Å²) in [4.78, 5) is 0.366. The summed E-state index contributed by atoms with van der Waals surface area (Å²) in [5.74, 6) is 0.548. The van der Waals surface area contributed by atoms with Crippen LogP contribution < -0.4 is 5.73 Å². The number of fused-ring (bicyclic) bond motifs is 2. The Bertz CT molecular complexity index is 645. The molecule has 1 aromatic carbocycles. The molecule has 2 unspecified atom stereocenters. The predicted molar refractivity (Wildman–Crippen MR) is 81.8 cm³/mol. The van der Waals surface area contributed by atoms with Gasteiger partial charge >= 0.3 is 0 Å². The van der Waals surface area contributed by atoms with Gasteiger partial charge < -0.3 is 5.73 Å². The molecule has 0 radical (unpaired) electrons. The highest BCUT2D eigenvalue weighted by molar-refractivity contribution is 9.10. The van der Waals surface area contributed by atoms with Gasteiger partial charge in [0.05, 0.1) is 4.90 Å². The molecule has 2 aliphatic rings. The first-order valence-corrected chi connectivity index (χ1v) is 9.17. The average Bonchev–Trinajstić information content (AvgIpc) is 3.04. The summed E-state index contributed by atoms with van der Waals surface area (Å²) < 4.78 is 28.2. The lowest BCUT2D eigenvalue weighted by atomic mass is 10.1. The zero-order chi connectivity index (χ0) is 14.5. The van der Waals surface area contributed by atoms with E-state index in [1.165, 1.54) is 6.42 Å². The first-order valence-electron chi connectivity index (χ1n) is 6.94. The van der Waals surface area contributed by atoms with Crippen molar-refractivity contribution in [1.82, 2.24) is 4.31 Å². The average molecular weight is 359 g/mol. The number of nitrogens with zero attached hydrogens (tertiary/aromatic N) is 1. The Morgan fingerprint density at radius 2 is 2.15 bits per heavy atom. The molecule has 6 heteroatoms. The van der Waals surface area contributed by atoms with E-state index in [4.69, 9.17) is 5.73 Å². The van der Waals surface area contributed by atoms with Crippen molar-refractivity contribution in [1.29, 1.82) is 0 Å². The van der Waals surface area contributed by atoms with Crippen LogP contribution in [0.4, 0.5) is 0 Å². The minimum absolute atomic E-state index is 0.193. The van der Waals surface area contributed by atoms with E-state index >= 15 is 0 Å². The summed E-state index contributed by atoms with van der Waals surface area (Å²) in [5, 5.41) is 0. The highest BCUT2D eigenvalue weighted by Crippen LogP contribution is 2.42. The lowest BCUT2D eigenvalue weighted by Gasteiger charge is -2.27. The number of piperidine rings is 1. The molecule has 20 heavy (non-hydrogen) atoms. The van der Waals surface area contributed by atoms with Gasteiger partial charge in [0.2, 0.25) is 10.0 Å². The fraction of sp³-hybridized carbons (Fsp3) is 0.571. The normalized spacial score (nSPS) is 26.4. The first kappa shape index (κ1) is 14.5. The van der Waals surface area contributed by atoms with Crippen LogP contribution in [0.1, 0.15) is 30.4 Å². The minimum atomic E-state index is -3.42. The molecule has 0 spiro atoms. The van der Waals surface area contributed by atoms with Crippen molar-refractivity contribution in [2.45, 2.75) is 43.7 Å². The van der Waals surface area contributed by atoms with E-state index in [9.17, 15) is 8.42 Å². The van der Waals surface area contributed by atoms with Crippen molar-refractivity contribution in [2.75, 3.05) is 6.54 Å². The Morgan fingerprint density at radius 3 is 2.70 bits per heavy atom. The molecule has 1 aliphatic carbocycles. The van der Waals surface area contributed by atoms with Gasteiger partial charge in [0, 0.05) is 23.6 Å². The zero-order valence-corrected chi connectivity index (χ0v) is 13.9. The second-order valence-electron chi connectivity index (χ2n) is 5.84. The van der Waals surface area contributed by atoms with E-state index in [0.717, 1.165) is 24.0 Å². The lowest BCUT2D eigenvalue weighted by Crippen LogP contribution is -2.37. The van der Waals surface area contributed by atoms with Crippen LogP contribution in [0.2, 0.25) is 0 Å². The minimum Gasteiger partial charge on any atom is -0.326 e. The summed E-state index contributed by atoms with van der Waals surface area (Å²) in [6, 6.07) is 3.83. The Morgan fingerprint density at radius 1 is 1.40 bits per heavy atom. The summed E-state index contributed by atoms with van der Waals surface area (Å²) in [7, 11) is -3.42. The first-order chi connectivity index (χ1) is 9.43. The van der Waals surface area contributed by atoms with Crippen LogP contribution in [0.15, 0.2) is 21.5 Å². The fourth-order valence-corrected chi connectivity index (χ4v) is 6.19. The molecule has 1 aromatic rings. The Kier molecular flexibility index (Phi) is 3.69. The zero-order valence-electron chi connectivity index (χ0n) is 11.5. The van der Waals surface area contributed by atoms with Gasteiger partial charge in [-0.15, -0.1) is 0 Å². The molecule has 0 amide bonds. The van der Waals surface area contributed by atoms with Crippen LogP contribution in [0.3, 0.4) is 0 Å². The van der Waals surface area contributed by atoms with Crippen molar-refractivity contribution in [3.05, 3.63) is 27.7 Å². The van der Waals surface area contributed by atoms with E-state index in [1.807, 2.05) is 13.0 Å². The quantitative estimate of drug-likeness (QED) is 0.901. The van der Waals surface area contributed by atoms with Crippen LogP contribution in [-0.2, 0) is 16.6 Å². The molecule has 1 aliphatic heterocycles. The van der Waals surface area contributed by atoms with E-state index in [1.54, 1.807) is 10.4 Å². The van der Waals surface area contributed by atoms with Crippen molar-refractivity contribution in [3.8, 4) is 0 Å². The largest absolute Gasteiger partial charge is 0.326 e.